The van der Waals surface area contributed by atoms with Crippen molar-refractivity contribution in [3.63, 3.8) is 0 Å². The number of benzene rings is 2. The van der Waals surface area contributed by atoms with Gasteiger partial charge in [-0.2, -0.15) is 0 Å². The van der Waals surface area contributed by atoms with Gasteiger partial charge in [-0.15, -0.1) is 0 Å². The van der Waals surface area contributed by atoms with Gasteiger partial charge in [0, 0.05) is 35.7 Å². The van der Waals surface area contributed by atoms with E-state index in [1.165, 1.54) is 0 Å². The maximum absolute atomic E-state index is 10.3. The van der Waals surface area contributed by atoms with Crippen molar-refractivity contribution in [2.45, 2.75) is 25.8 Å². The number of hydrogen-bond donors (Lipinski definition) is 1. The van der Waals surface area contributed by atoms with Gasteiger partial charge in [0.1, 0.15) is 17.2 Å². The Morgan fingerprint density at radius 2 is 1.79 bits per heavy atom. The number of likely N-dealkylation sites (tertiary alicyclic amines) is 1. The van der Waals surface area contributed by atoms with E-state index in [1.807, 2.05) is 30.3 Å². The van der Waals surface area contributed by atoms with Gasteiger partial charge in [0.05, 0.1) is 33.5 Å². The van der Waals surface area contributed by atoms with Crippen LogP contribution in [0.4, 0.5) is 0 Å². The van der Waals surface area contributed by atoms with Gasteiger partial charge in [0.25, 0.3) is 0 Å². The summed E-state index contributed by atoms with van der Waals surface area (Å²) in [5.74, 6) is 2.19. The molecule has 0 aromatic heterocycles. The van der Waals surface area contributed by atoms with Gasteiger partial charge >= 0.3 is 0 Å². The summed E-state index contributed by atoms with van der Waals surface area (Å²) in [5, 5.41) is 11.0. The van der Waals surface area contributed by atoms with Crippen molar-refractivity contribution in [1.82, 2.24) is 4.90 Å². The van der Waals surface area contributed by atoms with Gasteiger partial charge in [-0.1, -0.05) is 23.7 Å². The average molecular weight is 420 g/mol. The van der Waals surface area contributed by atoms with Gasteiger partial charge in [0.2, 0.25) is 0 Å². The number of methoxy groups -OCH3 is 3. The Morgan fingerprint density at radius 3 is 2.38 bits per heavy atom. The Hall–Kier alpha value is -1.95. The lowest BCUT2D eigenvalue weighted by Crippen LogP contribution is -2.46. The lowest BCUT2D eigenvalue weighted by Gasteiger charge is -2.42. The fraction of sp³-hybridized carbons (Fsp3) is 0.478. The summed E-state index contributed by atoms with van der Waals surface area (Å²) in [5.41, 5.74) is 1.97. The van der Waals surface area contributed by atoms with E-state index < -0.39 is 0 Å². The highest BCUT2D eigenvalue weighted by Gasteiger charge is 2.35. The van der Waals surface area contributed by atoms with E-state index in [4.69, 9.17) is 25.8 Å². The molecule has 0 bridgehead atoms. The molecule has 1 saturated heterocycles. The van der Waals surface area contributed by atoms with E-state index in [-0.39, 0.29) is 12.0 Å². The molecule has 1 atom stereocenters. The highest BCUT2D eigenvalue weighted by molar-refractivity contribution is 6.30. The summed E-state index contributed by atoms with van der Waals surface area (Å²) in [7, 11) is 4.94. The molecule has 0 amide bonds. The molecule has 0 saturated carbocycles. The number of aliphatic hydroxyl groups is 1. The minimum absolute atomic E-state index is 0.146. The van der Waals surface area contributed by atoms with Crippen molar-refractivity contribution in [2.75, 3.05) is 41.0 Å². The van der Waals surface area contributed by atoms with Gasteiger partial charge in [0.15, 0.2) is 0 Å². The SMILES string of the molecule is COc1cc(OC)c(CN2CCCC(CO)(Cc3cccc(Cl)c3)C2)c(OC)c1. The number of aliphatic hydroxyl groups excluding tert-OH is 1. The summed E-state index contributed by atoms with van der Waals surface area (Å²) >= 11 is 6.17. The van der Waals surface area contributed by atoms with E-state index in [0.717, 1.165) is 60.0 Å². The molecule has 1 heterocycles. The van der Waals surface area contributed by atoms with Crippen LogP contribution in [0, 0.1) is 5.41 Å². The van der Waals surface area contributed by atoms with Crippen LogP contribution in [0.15, 0.2) is 36.4 Å². The zero-order chi connectivity index (χ0) is 20.9. The standard InChI is InChI=1S/C23H30ClNO4/c1-27-19-11-21(28-2)20(22(12-19)29-3)14-25-9-5-8-23(15-25,16-26)13-17-6-4-7-18(24)10-17/h4,6-7,10-12,26H,5,8-9,13-16H2,1-3H3. The fourth-order valence-electron chi connectivity index (χ4n) is 4.31. The molecule has 2 aromatic rings. The average Bonchev–Trinajstić information content (AvgIpc) is 2.74. The van der Waals surface area contributed by atoms with Crippen LogP contribution in [0.5, 0.6) is 17.2 Å². The zero-order valence-electron chi connectivity index (χ0n) is 17.4. The van der Waals surface area contributed by atoms with Crippen LogP contribution in [-0.4, -0.2) is 51.0 Å². The van der Waals surface area contributed by atoms with Crippen LogP contribution in [-0.2, 0) is 13.0 Å². The van der Waals surface area contributed by atoms with Crippen molar-refractivity contribution in [3.05, 3.63) is 52.5 Å². The van der Waals surface area contributed by atoms with Crippen LogP contribution in [0.2, 0.25) is 5.02 Å². The minimum atomic E-state index is -0.185. The first-order valence-electron chi connectivity index (χ1n) is 9.89. The molecule has 2 aromatic carbocycles. The fourth-order valence-corrected chi connectivity index (χ4v) is 4.52. The Balaban J connectivity index is 1.82. The molecule has 6 heteroatoms. The number of piperidine rings is 1. The van der Waals surface area contributed by atoms with E-state index in [1.54, 1.807) is 21.3 Å². The Bertz CT molecular complexity index is 803. The van der Waals surface area contributed by atoms with E-state index in [2.05, 4.69) is 11.0 Å². The molecule has 158 valence electrons. The molecular formula is C23H30ClNO4. The molecule has 0 aliphatic carbocycles. The van der Waals surface area contributed by atoms with Crippen LogP contribution < -0.4 is 14.2 Å². The van der Waals surface area contributed by atoms with Crippen molar-refractivity contribution >= 4 is 11.6 Å². The summed E-state index contributed by atoms with van der Waals surface area (Å²) in [6.07, 6.45) is 2.82. The first-order valence-corrected chi connectivity index (χ1v) is 10.3. The number of rotatable bonds is 8. The smallest absolute Gasteiger partial charge is 0.130 e. The highest BCUT2D eigenvalue weighted by Crippen LogP contribution is 2.38. The van der Waals surface area contributed by atoms with Crippen molar-refractivity contribution in [3.8, 4) is 17.2 Å². The summed E-state index contributed by atoms with van der Waals surface area (Å²) in [4.78, 5) is 2.37. The molecule has 0 spiro atoms. The molecular weight excluding hydrogens is 390 g/mol. The predicted molar refractivity (Wildman–Crippen MR) is 115 cm³/mol. The van der Waals surface area contributed by atoms with Gasteiger partial charge in [-0.3, -0.25) is 4.90 Å². The predicted octanol–water partition coefficient (Wildman–Crippen LogP) is 4.18. The van der Waals surface area contributed by atoms with Crippen LogP contribution in [0.1, 0.15) is 24.0 Å². The topological polar surface area (TPSA) is 51.2 Å². The van der Waals surface area contributed by atoms with E-state index in [0.29, 0.717) is 12.3 Å². The first kappa shape index (κ1) is 21.8. The summed E-state index contributed by atoms with van der Waals surface area (Å²) < 4.78 is 16.6. The van der Waals surface area contributed by atoms with E-state index in [9.17, 15) is 5.11 Å². The van der Waals surface area contributed by atoms with E-state index >= 15 is 0 Å². The molecule has 1 unspecified atom stereocenters. The first-order chi connectivity index (χ1) is 14.0. The quantitative estimate of drug-likeness (QED) is 0.695. The molecule has 0 radical (unpaired) electrons. The molecule has 29 heavy (non-hydrogen) atoms. The number of halogens is 1. The second-order valence-electron chi connectivity index (χ2n) is 7.79. The summed E-state index contributed by atoms with van der Waals surface area (Å²) in [6.45, 7) is 2.60. The monoisotopic (exact) mass is 419 g/mol. The minimum Gasteiger partial charge on any atom is -0.496 e. The van der Waals surface area contributed by atoms with Crippen molar-refractivity contribution in [2.24, 2.45) is 5.41 Å². The third-order valence-electron chi connectivity index (χ3n) is 5.74. The maximum atomic E-state index is 10.3. The molecule has 1 N–H and O–H groups in total. The van der Waals surface area contributed by atoms with Gasteiger partial charge in [-0.25, -0.2) is 0 Å². The third kappa shape index (κ3) is 5.16. The highest BCUT2D eigenvalue weighted by atomic mass is 35.5. The van der Waals surface area contributed by atoms with Crippen molar-refractivity contribution in [1.29, 1.82) is 0 Å². The van der Waals surface area contributed by atoms with Gasteiger partial charge in [-0.05, 0) is 43.5 Å². The summed E-state index contributed by atoms with van der Waals surface area (Å²) in [6, 6.07) is 11.7. The number of ether oxygens (including phenoxy) is 3. The second-order valence-corrected chi connectivity index (χ2v) is 8.23. The molecule has 5 nitrogen and oxygen atoms in total. The molecule has 3 rings (SSSR count). The Labute approximate surface area is 178 Å². The Morgan fingerprint density at radius 1 is 1.07 bits per heavy atom. The van der Waals surface area contributed by atoms with Crippen LogP contribution >= 0.6 is 11.6 Å². The molecule has 1 aliphatic rings. The molecule has 1 aliphatic heterocycles. The van der Waals surface area contributed by atoms with Crippen molar-refractivity contribution < 1.29 is 19.3 Å². The largest absolute Gasteiger partial charge is 0.496 e. The zero-order valence-corrected chi connectivity index (χ0v) is 18.2. The third-order valence-corrected chi connectivity index (χ3v) is 5.98. The van der Waals surface area contributed by atoms with Gasteiger partial charge < -0.3 is 19.3 Å². The normalized spacial score (nSPS) is 19.8. The van der Waals surface area contributed by atoms with Crippen LogP contribution in [0.3, 0.4) is 0 Å². The van der Waals surface area contributed by atoms with Crippen LogP contribution in [0.25, 0.3) is 0 Å². The molecule has 1 fully saturated rings. The lowest BCUT2D eigenvalue weighted by molar-refractivity contribution is 0.0283. The number of hydrogen-bond acceptors (Lipinski definition) is 5. The number of nitrogens with zero attached hydrogens (tertiary/aromatic N) is 1. The maximum Gasteiger partial charge on any atom is 0.130 e. The second kappa shape index (κ2) is 9.70. The Kier molecular flexibility index (Phi) is 7.28. The lowest BCUT2D eigenvalue weighted by atomic mass is 9.75.